The van der Waals surface area contributed by atoms with E-state index >= 15 is 0 Å². The Hall–Kier alpha value is -1.55. The number of carbonyl (C=O) groups excluding carboxylic acids is 1. The van der Waals surface area contributed by atoms with Gasteiger partial charge in [0.05, 0.1) is 5.92 Å². The number of anilines is 1. The highest BCUT2D eigenvalue weighted by molar-refractivity contribution is 5.78. The van der Waals surface area contributed by atoms with Crippen LogP contribution in [0.25, 0.3) is 0 Å². The molecular formula is C16H25N3O. The van der Waals surface area contributed by atoms with Crippen LogP contribution < -0.4 is 15.5 Å². The lowest BCUT2D eigenvalue weighted by Crippen LogP contribution is -2.41. The summed E-state index contributed by atoms with van der Waals surface area (Å²) in [6, 6.07) is 8.48. The van der Waals surface area contributed by atoms with Gasteiger partial charge in [0, 0.05) is 32.9 Å². The van der Waals surface area contributed by atoms with Crippen LogP contribution >= 0.6 is 0 Å². The Bertz CT molecular complexity index is 422. The first kappa shape index (κ1) is 14.9. The Morgan fingerprint density at radius 3 is 2.70 bits per heavy atom. The van der Waals surface area contributed by atoms with Crippen molar-refractivity contribution in [1.82, 2.24) is 10.6 Å². The molecule has 1 atom stereocenters. The fourth-order valence-corrected chi connectivity index (χ4v) is 2.51. The van der Waals surface area contributed by atoms with Crippen LogP contribution in [-0.4, -0.2) is 39.6 Å². The summed E-state index contributed by atoms with van der Waals surface area (Å²) >= 11 is 0. The normalized spacial score (nSPS) is 18.6. The van der Waals surface area contributed by atoms with Gasteiger partial charge in [-0.05, 0) is 43.5 Å². The fourth-order valence-electron chi connectivity index (χ4n) is 2.51. The maximum Gasteiger partial charge on any atom is 0.224 e. The minimum Gasteiger partial charge on any atom is -0.378 e. The number of hydrogen-bond donors (Lipinski definition) is 2. The average molecular weight is 275 g/mol. The lowest BCUT2D eigenvalue weighted by Gasteiger charge is -2.21. The van der Waals surface area contributed by atoms with Gasteiger partial charge >= 0.3 is 0 Å². The zero-order chi connectivity index (χ0) is 14.4. The number of nitrogens with zero attached hydrogens (tertiary/aromatic N) is 1. The Kier molecular flexibility index (Phi) is 5.41. The molecule has 20 heavy (non-hydrogen) atoms. The molecule has 4 heteroatoms. The van der Waals surface area contributed by atoms with E-state index in [1.807, 2.05) is 14.1 Å². The second-order valence-electron chi connectivity index (χ2n) is 5.65. The average Bonchev–Trinajstić information content (AvgIpc) is 2.48. The maximum atomic E-state index is 12.0. The van der Waals surface area contributed by atoms with Crippen molar-refractivity contribution < 1.29 is 4.79 Å². The molecule has 1 amide bonds. The van der Waals surface area contributed by atoms with Gasteiger partial charge in [0.2, 0.25) is 5.91 Å². The van der Waals surface area contributed by atoms with E-state index in [4.69, 9.17) is 0 Å². The van der Waals surface area contributed by atoms with Crippen molar-refractivity contribution >= 4 is 11.6 Å². The molecule has 0 bridgehead atoms. The molecular weight excluding hydrogens is 250 g/mol. The van der Waals surface area contributed by atoms with Crippen LogP contribution in [-0.2, 0) is 11.2 Å². The van der Waals surface area contributed by atoms with E-state index in [0.29, 0.717) is 0 Å². The third-order valence-electron chi connectivity index (χ3n) is 3.83. The molecule has 0 spiro atoms. The molecule has 0 aromatic heterocycles. The van der Waals surface area contributed by atoms with E-state index in [0.717, 1.165) is 38.9 Å². The molecule has 2 rings (SSSR count). The molecule has 1 fully saturated rings. The van der Waals surface area contributed by atoms with Gasteiger partial charge < -0.3 is 15.5 Å². The van der Waals surface area contributed by atoms with Crippen molar-refractivity contribution in [2.24, 2.45) is 5.92 Å². The number of nitrogens with one attached hydrogen (secondary N) is 2. The number of amides is 1. The molecule has 0 saturated carbocycles. The van der Waals surface area contributed by atoms with Gasteiger partial charge in [-0.3, -0.25) is 4.79 Å². The van der Waals surface area contributed by atoms with Crippen LogP contribution in [0.4, 0.5) is 5.69 Å². The topological polar surface area (TPSA) is 44.4 Å². The highest BCUT2D eigenvalue weighted by Gasteiger charge is 2.19. The molecule has 0 aliphatic carbocycles. The minimum atomic E-state index is 0.153. The fraction of sp³-hybridized carbons (Fsp3) is 0.562. The summed E-state index contributed by atoms with van der Waals surface area (Å²) in [5, 5.41) is 6.32. The lowest BCUT2D eigenvalue weighted by molar-refractivity contribution is -0.125. The molecule has 1 aliphatic heterocycles. The lowest BCUT2D eigenvalue weighted by atomic mass is 9.99. The van der Waals surface area contributed by atoms with Crippen molar-refractivity contribution in [2.45, 2.75) is 19.3 Å². The largest absolute Gasteiger partial charge is 0.378 e. The number of benzene rings is 1. The molecule has 1 aromatic rings. The van der Waals surface area contributed by atoms with E-state index in [1.54, 1.807) is 0 Å². The molecule has 2 N–H and O–H groups in total. The second-order valence-corrected chi connectivity index (χ2v) is 5.65. The summed E-state index contributed by atoms with van der Waals surface area (Å²) in [6.07, 6.45) is 3.00. The van der Waals surface area contributed by atoms with Gasteiger partial charge in [-0.2, -0.15) is 0 Å². The maximum absolute atomic E-state index is 12.0. The number of carbonyl (C=O) groups is 1. The van der Waals surface area contributed by atoms with Crippen LogP contribution in [0.3, 0.4) is 0 Å². The van der Waals surface area contributed by atoms with E-state index in [1.165, 1.54) is 11.3 Å². The molecule has 1 aromatic carbocycles. The standard InChI is InChI=1S/C16H25N3O/c1-19(2)15-7-5-13(6-8-15)9-11-18-16(20)14-4-3-10-17-12-14/h5-8,14,17H,3-4,9-12H2,1-2H3,(H,18,20)/t14-/m1/s1. The van der Waals surface area contributed by atoms with Gasteiger partial charge in [-0.15, -0.1) is 0 Å². The van der Waals surface area contributed by atoms with E-state index in [-0.39, 0.29) is 11.8 Å². The smallest absolute Gasteiger partial charge is 0.224 e. The third-order valence-corrected chi connectivity index (χ3v) is 3.83. The van der Waals surface area contributed by atoms with Crippen LogP contribution in [0.15, 0.2) is 24.3 Å². The monoisotopic (exact) mass is 275 g/mol. The van der Waals surface area contributed by atoms with Gasteiger partial charge in [0.15, 0.2) is 0 Å². The highest BCUT2D eigenvalue weighted by Crippen LogP contribution is 2.13. The van der Waals surface area contributed by atoms with Crippen LogP contribution in [0.1, 0.15) is 18.4 Å². The van der Waals surface area contributed by atoms with Crippen LogP contribution in [0.2, 0.25) is 0 Å². The quantitative estimate of drug-likeness (QED) is 0.854. The summed E-state index contributed by atoms with van der Waals surface area (Å²) in [7, 11) is 4.07. The first-order chi connectivity index (χ1) is 9.66. The summed E-state index contributed by atoms with van der Waals surface area (Å²) < 4.78 is 0. The molecule has 0 unspecified atom stereocenters. The van der Waals surface area contributed by atoms with E-state index in [9.17, 15) is 4.79 Å². The predicted octanol–water partition coefficient (Wildman–Crippen LogP) is 1.41. The Labute approximate surface area is 121 Å². The van der Waals surface area contributed by atoms with E-state index < -0.39 is 0 Å². The highest BCUT2D eigenvalue weighted by atomic mass is 16.1. The van der Waals surface area contributed by atoms with Crippen molar-refractivity contribution in [3.63, 3.8) is 0 Å². The van der Waals surface area contributed by atoms with Crippen molar-refractivity contribution in [2.75, 3.05) is 38.6 Å². The molecule has 1 aliphatic rings. The first-order valence-corrected chi connectivity index (χ1v) is 7.41. The van der Waals surface area contributed by atoms with Gasteiger partial charge in [-0.1, -0.05) is 12.1 Å². The summed E-state index contributed by atoms with van der Waals surface area (Å²) in [4.78, 5) is 14.1. The van der Waals surface area contributed by atoms with Crippen molar-refractivity contribution in [3.8, 4) is 0 Å². The molecule has 4 nitrogen and oxygen atoms in total. The Balaban J connectivity index is 1.73. The minimum absolute atomic E-state index is 0.153. The summed E-state index contributed by atoms with van der Waals surface area (Å²) in [5.41, 5.74) is 2.46. The van der Waals surface area contributed by atoms with Crippen LogP contribution in [0, 0.1) is 5.92 Å². The zero-order valence-corrected chi connectivity index (χ0v) is 12.5. The number of rotatable bonds is 5. The number of piperidine rings is 1. The Morgan fingerprint density at radius 1 is 1.35 bits per heavy atom. The van der Waals surface area contributed by atoms with Crippen molar-refractivity contribution in [1.29, 1.82) is 0 Å². The third kappa shape index (κ3) is 4.23. The SMILES string of the molecule is CN(C)c1ccc(CCNC(=O)[C@@H]2CCCNC2)cc1. The number of hydrogen-bond acceptors (Lipinski definition) is 3. The zero-order valence-electron chi connectivity index (χ0n) is 12.5. The van der Waals surface area contributed by atoms with E-state index in [2.05, 4.69) is 39.8 Å². The summed E-state index contributed by atoms with van der Waals surface area (Å²) in [5.74, 6) is 0.349. The predicted molar refractivity (Wildman–Crippen MR) is 83.1 cm³/mol. The van der Waals surface area contributed by atoms with Crippen LogP contribution in [0.5, 0.6) is 0 Å². The van der Waals surface area contributed by atoms with Gasteiger partial charge in [0.1, 0.15) is 0 Å². The summed E-state index contributed by atoms with van der Waals surface area (Å²) in [6.45, 7) is 2.59. The van der Waals surface area contributed by atoms with Gasteiger partial charge in [0.25, 0.3) is 0 Å². The Morgan fingerprint density at radius 2 is 2.10 bits per heavy atom. The van der Waals surface area contributed by atoms with Gasteiger partial charge in [-0.25, -0.2) is 0 Å². The molecule has 1 heterocycles. The molecule has 110 valence electrons. The molecule has 0 radical (unpaired) electrons. The first-order valence-electron chi connectivity index (χ1n) is 7.41. The van der Waals surface area contributed by atoms with Crippen molar-refractivity contribution in [3.05, 3.63) is 29.8 Å². The molecule has 1 saturated heterocycles. The second kappa shape index (κ2) is 7.29.